The van der Waals surface area contributed by atoms with Crippen molar-refractivity contribution < 1.29 is 18.3 Å². The van der Waals surface area contributed by atoms with Crippen LogP contribution >= 0.6 is 0 Å². The van der Waals surface area contributed by atoms with E-state index in [4.69, 9.17) is 4.74 Å². The fourth-order valence-electron chi connectivity index (χ4n) is 1.58. The number of carbonyl (C=O) groups excluding carboxylic acids is 1. The van der Waals surface area contributed by atoms with E-state index in [0.717, 1.165) is 18.2 Å². The molecule has 0 saturated heterocycles. The maximum Gasteiger partial charge on any atom is 0.293 e. The Labute approximate surface area is 121 Å². The highest BCUT2D eigenvalue weighted by atomic mass is 19.1. The van der Waals surface area contributed by atoms with Gasteiger partial charge in [0.15, 0.2) is 0 Å². The molecule has 0 radical (unpaired) electrons. The summed E-state index contributed by atoms with van der Waals surface area (Å²) in [6.45, 7) is 4.10. The average molecular weight is 298 g/mol. The molecule has 0 saturated carbocycles. The normalized spacial score (nSPS) is 12.0. The van der Waals surface area contributed by atoms with Crippen LogP contribution in [-0.4, -0.2) is 37.7 Å². The van der Waals surface area contributed by atoms with Gasteiger partial charge in [-0.25, -0.2) is 8.78 Å². The Morgan fingerprint density at radius 2 is 2.10 bits per heavy atom. The minimum absolute atomic E-state index is 0.162. The zero-order chi connectivity index (χ0) is 15.7. The van der Waals surface area contributed by atoms with Gasteiger partial charge >= 0.3 is 0 Å². The summed E-state index contributed by atoms with van der Waals surface area (Å²) < 4.78 is 31.0. The number of hydrogen-bond donors (Lipinski definition) is 1. The van der Waals surface area contributed by atoms with Crippen LogP contribution in [0.25, 0.3) is 0 Å². The number of anilines is 1. The van der Waals surface area contributed by atoms with E-state index >= 15 is 0 Å². The third-order valence-corrected chi connectivity index (χ3v) is 2.40. The van der Waals surface area contributed by atoms with Crippen molar-refractivity contribution in [2.24, 2.45) is 10.3 Å². The molecule has 0 spiro atoms. The molecule has 1 atom stereocenters. The number of nitrogens with zero attached hydrogens (tertiary/aromatic N) is 3. The molecule has 0 fully saturated rings. The Morgan fingerprint density at radius 3 is 2.67 bits per heavy atom. The van der Waals surface area contributed by atoms with E-state index in [1.807, 2.05) is 0 Å². The first-order valence-electron chi connectivity index (χ1n) is 6.07. The van der Waals surface area contributed by atoms with Gasteiger partial charge in [0.25, 0.3) is 6.47 Å². The Bertz CT molecular complexity index is 491. The van der Waals surface area contributed by atoms with Crippen LogP contribution in [0.15, 0.2) is 41.3 Å². The van der Waals surface area contributed by atoms with Crippen molar-refractivity contribution >= 4 is 12.2 Å². The SMILES string of the molecule is C=CN=NN(C)CC(CNc1cc(F)cc(F)c1)OC=O. The summed E-state index contributed by atoms with van der Waals surface area (Å²) in [7, 11) is 1.63. The first-order chi connectivity index (χ1) is 10.0. The fourth-order valence-corrected chi connectivity index (χ4v) is 1.58. The van der Waals surface area contributed by atoms with E-state index < -0.39 is 17.7 Å². The van der Waals surface area contributed by atoms with Gasteiger partial charge in [-0.3, -0.25) is 9.80 Å². The van der Waals surface area contributed by atoms with Crippen LogP contribution in [0.2, 0.25) is 0 Å². The molecule has 1 aromatic rings. The Morgan fingerprint density at radius 1 is 1.43 bits per heavy atom. The van der Waals surface area contributed by atoms with E-state index in [2.05, 4.69) is 22.2 Å². The van der Waals surface area contributed by atoms with Gasteiger partial charge in [0.2, 0.25) is 0 Å². The second-order valence-electron chi connectivity index (χ2n) is 4.12. The molecule has 0 aliphatic rings. The number of halogens is 2. The second kappa shape index (κ2) is 8.62. The molecule has 0 aliphatic heterocycles. The van der Waals surface area contributed by atoms with Crippen LogP contribution in [0.4, 0.5) is 14.5 Å². The number of likely N-dealkylation sites (N-methyl/N-ethyl adjacent to an activating group) is 1. The van der Waals surface area contributed by atoms with Crippen LogP contribution in [0.1, 0.15) is 0 Å². The number of carbonyl (C=O) groups is 1. The summed E-state index contributed by atoms with van der Waals surface area (Å²) in [5.74, 6) is -1.38. The van der Waals surface area contributed by atoms with E-state index in [-0.39, 0.29) is 18.8 Å². The number of nitrogens with one attached hydrogen (secondary N) is 1. The molecule has 0 heterocycles. The standard InChI is InChI=1S/C13H16F2N4O2/c1-3-17-18-19(2)8-13(21-9-20)7-16-12-5-10(14)4-11(15)6-12/h3-6,9,13,16H,1,7-8H2,2H3. The van der Waals surface area contributed by atoms with Gasteiger partial charge < -0.3 is 10.1 Å². The lowest BCUT2D eigenvalue weighted by atomic mass is 10.2. The minimum Gasteiger partial charge on any atom is -0.461 e. The predicted octanol–water partition coefficient (Wildman–Crippen LogP) is 2.36. The molecule has 21 heavy (non-hydrogen) atoms. The van der Waals surface area contributed by atoms with Gasteiger partial charge in [0, 0.05) is 25.0 Å². The van der Waals surface area contributed by atoms with Crippen molar-refractivity contribution in [1.29, 1.82) is 0 Å². The highest BCUT2D eigenvalue weighted by molar-refractivity contribution is 5.44. The summed E-state index contributed by atoms with van der Waals surface area (Å²) in [6, 6.07) is 3.05. The molecule has 1 rings (SSSR count). The fraction of sp³-hybridized carbons (Fsp3) is 0.308. The van der Waals surface area contributed by atoms with Crippen LogP contribution in [0, 0.1) is 11.6 Å². The lowest BCUT2D eigenvalue weighted by Gasteiger charge is -2.20. The highest BCUT2D eigenvalue weighted by Gasteiger charge is 2.12. The summed E-state index contributed by atoms with van der Waals surface area (Å²) in [4.78, 5) is 10.5. The van der Waals surface area contributed by atoms with E-state index in [1.54, 1.807) is 7.05 Å². The molecular formula is C13H16F2N4O2. The summed E-state index contributed by atoms with van der Waals surface area (Å²) >= 11 is 0. The minimum atomic E-state index is -0.692. The van der Waals surface area contributed by atoms with Crippen molar-refractivity contribution in [3.05, 3.63) is 42.6 Å². The summed E-state index contributed by atoms with van der Waals surface area (Å²) in [5, 5.41) is 11.6. The number of benzene rings is 1. The molecule has 1 unspecified atom stereocenters. The zero-order valence-electron chi connectivity index (χ0n) is 11.5. The van der Waals surface area contributed by atoms with Gasteiger partial charge in [-0.1, -0.05) is 11.8 Å². The lowest BCUT2D eigenvalue weighted by molar-refractivity contribution is -0.133. The van der Waals surface area contributed by atoms with Crippen LogP contribution in [0.5, 0.6) is 0 Å². The molecular weight excluding hydrogens is 282 g/mol. The van der Waals surface area contributed by atoms with Gasteiger partial charge in [0.05, 0.1) is 13.1 Å². The van der Waals surface area contributed by atoms with Gasteiger partial charge in [-0.05, 0) is 12.1 Å². The summed E-state index contributed by atoms with van der Waals surface area (Å²) in [6.07, 6.45) is 0.697. The molecule has 0 aromatic heterocycles. The smallest absolute Gasteiger partial charge is 0.293 e. The molecule has 0 bridgehead atoms. The first kappa shape index (κ1) is 16.5. The van der Waals surface area contributed by atoms with Crippen molar-refractivity contribution in [2.75, 3.05) is 25.5 Å². The van der Waals surface area contributed by atoms with Crippen LogP contribution in [0.3, 0.4) is 0 Å². The summed E-state index contributed by atoms with van der Waals surface area (Å²) in [5.41, 5.74) is 0.252. The molecule has 114 valence electrons. The average Bonchev–Trinajstić information content (AvgIpc) is 2.42. The second-order valence-corrected chi connectivity index (χ2v) is 4.12. The van der Waals surface area contributed by atoms with Crippen molar-refractivity contribution in [2.45, 2.75) is 6.10 Å². The molecule has 1 N–H and O–H groups in total. The molecule has 8 heteroatoms. The first-order valence-corrected chi connectivity index (χ1v) is 6.07. The Balaban J connectivity index is 2.59. The number of rotatable bonds is 9. The molecule has 0 aliphatic carbocycles. The molecule has 6 nitrogen and oxygen atoms in total. The number of hydrogen-bond acceptors (Lipinski definition) is 5. The quantitative estimate of drug-likeness (QED) is 0.432. The third kappa shape index (κ3) is 6.46. The Hall–Kier alpha value is -2.51. The maximum absolute atomic E-state index is 13.0. The Kier molecular flexibility index (Phi) is 6.79. The van der Waals surface area contributed by atoms with E-state index in [0.29, 0.717) is 6.47 Å². The van der Waals surface area contributed by atoms with E-state index in [9.17, 15) is 13.6 Å². The van der Waals surface area contributed by atoms with Crippen LogP contribution in [-0.2, 0) is 9.53 Å². The van der Waals surface area contributed by atoms with Crippen molar-refractivity contribution in [3.63, 3.8) is 0 Å². The third-order valence-electron chi connectivity index (χ3n) is 2.40. The van der Waals surface area contributed by atoms with E-state index in [1.165, 1.54) is 11.2 Å². The zero-order valence-corrected chi connectivity index (χ0v) is 11.5. The van der Waals surface area contributed by atoms with Gasteiger partial charge in [-0.15, -0.1) is 5.11 Å². The van der Waals surface area contributed by atoms with Crippen molar-refractivity contribution in [1.82, 2.24) is 5.01 Å². The number of ether oxygens (including phenoxy) is 1. The lowest BCUT2D eigenvalue weighted by Crippen LogP contribution is -2.33. The molecule has 0 amide bonds. The monoisotopic (exact) mass is 298 g/mol. The largest absolute Gasteiger partial charge is 0.461 e. The predicted molar refractivity (Wildman–Crippen MR) is 73.5 cm³/mol. The van der Waals surface area contributed by atoms with Crippen molar-refractivity contribution in [3.8, 4) is 0 Å². The molecule has 1 aromatic carbocycles. The van der Waals surface area contributed by atoms with Gasteiger partial charge in [-0.2, -0.15) is 0 Å². The highest BCUT2D eigenvalue weighted by Crippen LogP contribution is 2.13. The topological polar surface area (TPSA) is 66.3 Å². The van der Waals surface area contributed by atoms with Crippen LogP contribution < -0.4 is 5.32 Å². The van der Waals surface area contributed by atoms with Gasteiger partial charge in [0.1, 0.15) is 17.7 Å². The maximum atomic E-state index is 13.0.